The van der Waals surface area contributed by atoms with Crippen LogP contribution in [0.5, 0.6) is 11.5 Å². The van der Waals surface area contributed by atoms with Crippen molar-refractivity contribution < 1.29 is 17.9 Å². The molecule has 0 amide bonds. The molecule has 9 nitrogen and oxygen atoms in total. The van der Waals surface area contributed by atoms with Crippen LogP contribution in [0.1, 0.15) is 46.0 Å². The van der Waals surface area contributed by atoms with Gasteiger partial charge in [-0.1, -0.05) is 19.3 Å². The highest BCUT2D eigenvalue weighted by molar-refractivity contribution is 7.89. The van der Waals surface area contributed by atoms with Gasteiger partial charge in [0, 0.05) is 18.2 Å². The van der Waals surface area contributed by atoms with Gasteiger partial charge in [0.2, 0.25) is 10.0 Å². The molecule has 0 atom stereocenters. The minimum absolute atomic E-state index is 0.0482. The van der Waals surface area contributed by atoms with E-state index in [0.717, 1.165) is 32.1 Å². The fraction of sp³-hybridized carbons (Fsp3) is 0.588. The lowest BCUT2D eigenvalue weighted by Crippen LogP contribution is -2.36. The summed E-state index contributed by atoms with van der Waals surface area (Å²) in [6.07, 6.45) is 6.34. The maximum absolute atomic E-state index is 13.1. The molecule has 1 aliphatic rings. The highest BCUT2D eigenvalue weighted by Gasteiger charge is 2.27. The first-order valence-electron chi connectivity index (χ1n) is 9.24. The second-order valence-electron chi connectivity index (χ2n) is 6.34. The van der Waals surface area contributed by atoms with E-state index >= 15 is 0 Å². The summed E-state index contributed by atoms with van der Waals surface area (Å²) in [6.45, 7) is 4.33. The van der Waals surface area contributed by atoms with E-state index in [-0.39, 0.29) is 16.7 Å². The molecule has 0 bridgehead atoms. The average Bonchev–Trinajstić information content (AvgIpc) is 3.18. The minimum atomic E-state index is -3.76. The first-order chi connectivity index (χ1) is 13.0. The molecule has 1 saturated carbocycles. The molecule has 1 aromatic carbocycles. The van der Waals surface area contributed by atoms with Crippen molar-refractivity contribution in [3.63, 3.8) is 0 Å². The van der Waals surface area contributed by atoms with Crippen molar-refractivity contribution in [2.75, 3.05) is 13.2 Å². The Hall–Kier alpha value is -2.20. The first-order valence-corrected chi connectivity index (χ1v) is 10.7. The second-order valence-corrected chi connectivity index (χ2v) is 8.03. The molecule has 10 heteroatoms. The number of benzene rings is 1. The first kappa shape index (κ1) is 19.6. The van der Waals surface area contributed by atoms with E-state index in [1.807, 2.05) is 6.92 Å². The van der Waals surface area contributed by atoms with Crippen LogP contribution >= 0.6 is 0 Å². The number of hydrogen-bond acceptors (Lipinski definition) is 7. The molecule has 1 N–H and O–H groups in total. The van der Waals surface area contributed by atoms with Gasteiger partial charge in [-0.15, -0.1) is 5.10 Å². The number of aromatic nitrogens is 4. The van der Waals surface area contributed by atoms with Crippen LogP contribution in [0.15, 0.2) is 23.4 Å². The lowest BCUT2D eigenvalue weighted by atomic mass is 9.96. The Bertz CT molecular complexity index is 848. The Kier molecular flexibility index (Phi) is 6.27. The summed E-state index contributed by atoms with van der Waals surface area (Å²) < 4.78 is 41.6. The van der Waals surface area contributed by atoms with Crippen LogP contribution in [0.3, 0.4) is 0 Å². The number of tetrazole rings is 1. The minimum Gasteiger partial charge on any atom is -0.492 e. The van der Waals surface area contributed by atoms with Crippen molar-refractivity contribution in [1.82, 2.24) is 24.9 Å². The van der Waals surface area contributed by atoms with E-state index in [1.165, 1.54) is 17.1 Å². The summed E-state index contributed by atoms with van der Waals surface area (Å²) in [5, 5.41) is 11.1. The average molecular weight is 395 g/mol. The number of nitrogens with zero attached hydrogens (tertiary/aromatic N) is 4. The van der Waals surface area contributed by atoms with Crippen LogP contribution in [0.2, 0.25) is 0 Å². The predicted octanol–water partition coefficient (Wildman–Crippen LogP) is 2.07. The van der Waals surface area contributed by atoms with E-state index < -0.39 is 10.0 Å². The normalized spacial score (nSPS) is 15.6. The van der Waals surface area contributed by atoms with E-state index in [1.54, 1.807) is 13.0 Å². The fourth-order valence-corrected chi connectivity index (χ4v) is 4.68. The fourth-order valence-electron chi connectivity index (χ4n) is 3.23. The monoisotopic (exact) mass is 395 g/mol. The Morgan fingerprint density at radius 1 is 1.11 bits per heavy atom. The summed E-state index contributed by atoms with van der Waals surface area (Å²) in [7, 11) is -3.76. The van der Waals surface area contributed by atoms with E-state index in [9.17, 15) is 8.42 Å². The van der Waals surface area contributed by atoms with Crippen LogP contribution < -0.4 is 14.2 Å². The molecule has 3 rings (SSSR count). The number of sulfonamides is 1. The number of rotatable bonds is 8. The predicted molar refractivity (Wildman–Crippen MR) is 98.7 cm³/mol. The van der Waals surface area contributed by atoms with Gasteiger partial charge in [-0.05, 0) is 37.1 Å². The number of nitrogens with one attached hydrogen (secondary N) is 1. The van der Waals surface area contributed by atoms with Gasteiger partial charge in [-0.25, -0.2) is 13.1 Å². The van der Waals surface area contributed by atoms with Crippen molar-refractivity contribution in [2.45, 2.75) is 56.9 Å². The van der Waals surface area contributed by atoms with Gasteiger partial charge in [0.25, 0.3) is 0 Å². The molecule has 0 aliphatic heterocycles. The largest absolute Gasteiger partial charge is 0.492 e. The van der Waals surface area contributed by atoms with E-state index in [0.29, 0.717) is 24.7 Å². The molecule has 0 saturated heterocycles. The van der Waals surface area contributed by atoms with E-state index in [4.69, 9.17) is 9.47 Å². The number of ether oxygens (including phenoxy) is 2. The molecule has 1 aliphatic carbocycles. The third-order valence-electron chi connectivity index (χ3n) is 4.44. The van der Waals surface area contributed by atoms with Gasteiger partial charge in [0.05, 0.1) is 13.2 Å². The lowest BCUT2D eigenvalue weighted by Gasteiger charge is -2.23. The molecular weight excluding hydrogens is 370 g/mol. The standard InChI is InChI=1S/C17H25N5O4S/c1-3-25-15-11-17(27(23,24)19-13-8-6-5-7-9-13)16(26-4-2)10-14(15)22-12-18-20-21-22/h10-13,19H,3-9H2,1-2H3. The maximum Gasteiger partial charge on any atom is 0.244 e. The van der Waals surface area contributed by atoms with Crippen LogP contribution in [0.4, 0.5) is 0 Å². The Labute approximate surface area is 159 Å². The molecular formula is C17H25N5O4S. The van der Waals surface area contributed by atoms with Gasteiger partial charge >= 0.3 is 0 Å². The van der Waals surface area contributed by atoms with Crippen LogP contribution in [-0.2, 0) is 10.0 Å². The molecule has 0 unspecified atom stereocenters. The molecule has 2 aromatic rings. The van der Waals surface area contributed by atoms with Gasteiger partial charge in [-0.3, -0.25) is 0 Å². The molecule has 1 fully saturated rings. The molecule has 148 valence electrons. The van der Waals surface area contributed by atoms with Crippen LogP contribution in [-0.4, -0.2) is 47.9 Å². The van der Waals surface area contributed by atoms with Crippen molar-refractivity contribution in [3.05, 3.63) is 18.5 Å². The van der Waals surface area contributed by atoms with Crippen molar-refractivity contribution >= 4 is 10.0 Å². The van der Waals surface area contributed by atoms with Crippen molar-refractivity contribution in [2.24, 2.45) is 0 Å². The van der Waals surface area contributed by atoms with Crippen LogP contribution in [0.25, 0.3) is 5.69 Å². The topological polar surface area (TPSA) is 108 Å². The Balaban J connectivity index is 2.03. The Morgan fingerprint density at radius 3 is 2.44 bits per heavy atom. The lowest BCUT2D eigenvalue weighted by molar-refractivity contribution is 0.320. The zero-order chi connectivity index (χ0) is 19.3. The SMILES string of the molecule is CCOc1cc(S(=O)(=O)NC2CCCCC2)c(OCC)cc1-n1cnnn1. The summed E-state index contributed by atoms with van der Waals surface area (Å²) >= 11 is 0. The maximum atomic E-state index is 13.1. The highest BCUT2D eigenvalue weighted by Crippen LogP contribution is 2.35. The summed E-state index contributed by atoms with van der Waals surface area (Å²) in [4.78, 5) is 0.0650. The van der Waals surface area contributed by atoms with Gasteiger partial charge in [-0.2, -0.15) is 4.68 Å². The summed E-state index contributed by atoms with van der Waals surface area (Å²) in [5.41, 5.74) is 0.516. The second kappa shape index (κ2) is 8.66. The van der Waals surface area contributed by atoms with Gasteiger partial charge in [0.15, 0.2) is 0 Å². The Morgan fingerprint density at radius 2 is 1.81 bits per heavy atom. The summed E-state index contributed by atoms with van der Waals surface area (Å²) in [6, 6.07) is 3.03. The third-order valence-corrected chi connectivity index (χ3v) is 5.98. The van der Waals surface area contributed by atoms with Crippen molar-refractivity contribution in [3.8, 4) is 17.2 Å². The quantitative estimate of drug-likeness (QED) is 0.729. The zero-order valence-corrected chi connectivity index (χ0v) is 16.4. The molecule has 0 radical (unpaired) electrons. The third kappa shape index (κ3) is 4.56. The summed E-state index contributed by atoms with van der Waals surface area (Å²) in [5.74, 6) is 0.618. The zero-order valence-electron chi connectivity index (χ0n) is 15.6. The molecule has 1 aromatic heterocycles. The smallest absolute Gasteiger partial charge is 0.244 e. The molecule has 27 heavy (non-hydrogen) atoms. The van der Waals surface area contributed by atoms with Crippen molar-refractivity contribution in [1.29, 1.82) is 0 Å². The van der Waals surface area contributed by atoms with Crippen LogP contribution in [0, 0.1) is 0 Å². The molecule has 1 heterocycles. The highest BCUT2D eigenvalue weighted by atomic mass is 32.2. The molecule has 0 spiro atoms. The van der Waals surface area contributed by atoms with Gasteiger partial charge in [0.1, 0.15) is 28.4 Å². The number of hydrogen-bond donors (Lipinski definition) is 1. The van der Waals surface area contributed by atoms with E-state index in [2.05, 4.69) is 20.2 Å². The van der Waals surface area contributed by atoms with Gasteiger partial charge < -0.3 is 9.47 Å².